The largest absolute Gasteiger partial charge is 0.550 e. The maximum atomic E-state index is 13.2. The number of hydrogen-bond acceptors (Lipinski definition) is 3. The number of benzene rings is 2. The molecule has 3 rings (SSSR count). The normalized spacial score (nSPS) is 17.1. The van der Waals surface area contributed by atoms with Crippen LogP contribution >= 0.6 is 0 Å². The molecule has 0 saturated heterocycles. The first-order valence-electron chi connectivity index (χ1n) is 7.87. The first kappa shape index (κ1) is 16.9. The topological polar surface area (TPSA) is 43.4 Å². The molecule has 0 fully saturated rings. The highest BCUT2D eigenvalue weighted by atomic mass is 19.1. The molecule has 0 spiro atoms. The quantitative estimate of drug-likeness (QED) is 0.856. The van der Waals surface area contributed by atoms with Gasteiger partial charge in [0.2, 0.25) is 0 Å². The van der Waals surface area contributed by atoms with Gasteiger partial charge < -0.3 is 14.8 Å². The molecule has 0 aliphatic carbocycles. The summed E-state index contributed by atoms with van der Waals surface area (Å²) in [5.41, 5.74) is 2.93. The van der Waals surface area contributed by atoms with Crippen LogP contribution < -0.4 is 10.0 Å². The molecule has 1 atom stereocenters. The summed E-state index contributed by atoms with van der Waals surface area (Å²) in [6, 6.07) is 11.9. The number of aliphatic carboxylic acids is 1. The molecular formula is C20H16F2NO2-. The Morgan fingerprint density at radius 1 is 1.04 bits per heavy atom. The van der Waals surface area contributed by atoms with Crippen molar-refractivity contribution in [1.29, 1.82) is 0 Å². The van der Waals surface area contributed by atoms with Gasteiger partial charge in [-0.1, -0.05) is 25.1 Å². The lowest BCUT2D eigenvalue weighted by Gasteiger charge is -2.32. The van der Waals surface area contributed by atoms with Crippen molar-refractivity contribution in [3.8, 4) is 0 Å². The molecule has 0 radical (unpaired) electrons. The van der Waals surface area contributed by atoms with Crippen molar-refractivity contribution in [2.75, 3.05) is 4.90 Å². The summed E-state index contributed by atoms with van der Waals surface area (Å²) < 4.78 is 26.4. The number of carbonyl (C=O) groups is 1. The van der Waals surface area contributed by atoms with Crippen molar-refractivity contribution < 1.29 is 18.7 Å². The van der Waals surface area contributed by atoms with Crippen LogP contribution in [0.3, 0.4) is 0 Å². The summed E-state index contributed by atoms with van der Waals surface area (Å²) in [6.45, 7) is 1.94. The van der Waals surface area contributed by atoms with Crippen LogP contribution in [0.4, 0.5) is 14.5 Å². The fraction of sp³-hybridized carbons (Fsp3) is 0.150. The van der Waals surface area contributed by atoms with Crippen LogP contribution in [0.15, 0.2) is 66.5 Å². The van der Waals surface area contributed by atoms with Crippen LogP contribution in [0.5, 0.6) is 0 Å². The molecule has 0 saturated carbocycles. The lowest BCUT2D eigenvalue weighted by atomic mass is 9.90. The van der Waals surface area contributed by atoms with Crippen molar-refractivity contribution in [1.82, 2.24) is 0 Å². The molecule has 5 heteroatoms. The Kier molecular flexibility index (Phi) is 4.65. The minimum absolute atomic E-state index is 0.0588. The third kappa shape index (κ3) is 3.76. The minimum Gasteiger partial charge on any atom is -0.550 e. The highest BCUT2D eigenvalue weighted by Crippen LogP contribution is 2.35. The highest BCUT2D eigenvalue weighted by Gasteiger charge is 2.21. The second-order valence-corrected chi connectivity index (χ2v) is 5.93. The zero-order valence-electron chi connectivity index (χ0n) is 13.6. The molecule has 0 unspecified atom stereocenters. The number of nitrogens with zero attached hydrogens (tertiary/aromatic N) is 1. The first-order chi connectivity index (χ1) is 11.9. The number of rotatable bonds is 4. The summed E-state index contributed by atoms with van der Waals surface area (Å²) in [5.74, 6) is -1.95. The number of allylic oxidation sites excluding steroid dienone is 2. The molecule has 0 N–H and O–H groups in total. The van der Waals surface area contributed by atoms with Gasteiger partial charge in [0, 0.05) is 35.9 Å². The van der Waals surface area contributed by atoms with Crippen LogP contribution in [0.1, 0.15) is 18.9 Å². The molecule has 128 valence electrons. The van der Waals surface area contributed by atoms with E-state index in [1.165, 1.54) is 24.3 Å². The molecule has 0 bridgehead atoms. The predicted molar refractivity (Wildman–Crippen MR) is 90.1 cm³/mol. The Hall–Kier alpha value is -2.95. The summed E-state index contributed by atoms with van der Waals surface area (Å²) >= 11 is 0. The molecular weight excluding hydrogens is 324 g/mol. The van der Waals surface area contributed by atoms with Crippen molar-refractivity contribution >= 4 is 17.2 Å². The number of carbonyl (C=O) groups excluding carboxylic acids is 1. The van der Waals surface area contributed by atoms with Crippen molar-refractivity contribution in [2.45, 2.75) is 13.3 Å². The SMILES string of the molecule is C[C@@H]1C=C(CC(=O)[O-])N(c2ccc(F)cc2)C=C1c1ccc(F)cc1. The number of carboxylic acid groups (broad SMARTS) is 1. The summed E-state index contributed by atoms with van der Waals surface area (Å²) in [4.78, 5) is 12.8. The third-order valence-electron chi connectivity index (χ3n) is 4.12. The molecule has 25 heavy (non-hydrogen) atoms. The van der Waals surface area contributed by atoms with E-state index in [-0.39, 0.29) is 24.0 Å². The van der Waals surface area contributed by atoms with E-state index in [9.17, 15) is 18.7 Å². The van der Waals surface area contributed by atoms with Gasteiger partial charge in [-0.2, -0.15) is 0 Å². The average Bonchev–Trinajstić information content (AvgIpc) is 2.57. The molecule has 3 nitrogen and oxygen atoms in total. The van der Waals surface area contributed by atoms with Crippen LogP contribution in [0.2, 0.25) is 0 Å². The minimum atomic E-state index is -1.19. The maximum absolute atomic E-state index is 13.2. The maximum Gasteiger partial charge on any atom is 0.123 e. The average molecular weight is 340 g/mol. The van der Waals surface area contributed by atoms with Gasteiger partial charge in [0.15, 0.2) is 0 Å². The third-order valence-corrected chi connectivity index (χ3v) is 4.12. The Bertz CT molecular complexity index is 839. The fourth-order valence-electron chi connectivity index (χ4n) is 2.91. The van der Waals surface area contributed by atoms with Crippen molar-refractivity contribution in [3.63, 3.8) is 0 Å². The van der Waals surface area contributed by atoms with Crippen LogP contribution in [-0.2, 0) is 4.79 Å². The van der Waals surface area contributed by atoms with Crippen molar-refractivity contribution in [3.05, 3.63) is 83.7 Å². The van der Waals surface area contributed by atoms with Gasteiger partial charge in [-0.15, -0.1) is 0 Å². The fourth-order valence-corrected chi connectivity index (χ4v) is 2.91. The molecule has 2 aromatic rings. The summed E-state index contributed by atoms with van der Waals surface area (Å²) in [7, 11) is 0. The van der Waals surface area contributed by atoms with Crippen LogP contribution in [0, 0.1) is 17.6 Å². The van der Waals surface area contributed by atoms with Crippen LogP contribution in [0.25, 0.3) is 5.57 Å². The molecule has 1 heterocycles. The van der Waals surface area contributed by atoms with E-state index in [0.29, 0.717) is 11.4 Å². The van der Waals surface area contributed by atoms with E-state index in [4.69, 9.17) is 0 Å². The molecule has 2 aromatic carbocycles. The lowest BCUT2D eigenvalue weighted by Crippen LogP contribution is -2.29. The van der Waals surface area contributed by atoms with E-state index in [1.807, 2.05) is 19.2 Å². The van der Waals surface area contributed by atoms with E-state index in [1.54, 1.807) is 29.2 Å². The summed E-state index contributed by atoms with van der Waals surface area (Å²) in [6.07, 6.45) is 3.39. The zero-order chi connectivity index (χ0) is 18.0. The zero-order valence-corrected chi connectivity index (χ0v) is 13.6. The van der Waals surface area contributed by atoms with Gasteiger partial charge in [0.25, 0.3) is 0 Å². The smallest absolute Gasteiger partial charge is 0.123 e. The highest BCUT2D eigenvalue weighted by molar-refractivity contribution is 5.78. The monoisotopic (exact) mass is 340 g/mol. The number of anilines is 1. The molecule has 1 aliphatic rings. The van der Waals surface area contributed by atoms with Gasteiger partial charge >= 0.3 is 0 Å². The second-order valence-electron chi connectivity index (χ2n) is 5.93. The Morgan fingerprint density at radius 2 is 1.60 bits per heavy atom. The number of halogens is 2. The molecule has 0 aromatic heterocycles. The van der Waals surface area contributed by atoms with Gasteiger partial charge in [-0.05, 0) is 47.5 Å². The van der Waals surface area contributed by atoms with Gasteiger partial charge in [-0.3, -0.25) is 0 Å². The van der Waals surface area contributed by atoms with E-state index in [2.05, 4.69) is 0 Å². The van der Waals surface area contributed by atoms with Crippen molar-refractivity contribution in [2.24, 2.45) is 5.92 Å². The van der Waals surface area contributed by atoms with Gasteiger partial charge in [0.05, 0.1) is 0 Å². The number of hydrogen-bond donors (Lipinski definition) is 0. The van der Waals surface area contributed by atoms with E-state index < -0.39 is 5.97 Å². The van der Waals surface area contributed by atoms with Gasteiger partial charge in [-0.25, -0.2) is 8.78 Å². The summed E-state index contributed by atoms with van der Waals surface area (Å²) in [5, 5.41) is 11.1. The second kappa shape index (κ2) is 6.89. The number of carboxylic acids is 1. The standard InChI is InChI=1S/C20H17F2NO2/c1-13-10-18(11-20(24)25)23(17-8-6-16(22)7-9-17)12-19(13)14-2-4-15(21)5-3-14/h2-10,12-13H,11H2,1H3,(H,24,25)/p-1/t13-/m1/s1. The molecule has 1 aliphatic heterocycles. The Morgan fingerprint density at radius 3 is 2.16 bits per heavy atom. The molecule has 0 amide bonds. The van der Waals surface area contributed by atoms with Crippen LogP contribution in [-0.4, -0.2) is 5.97 Å². The van der Waals surface area contributed by atoms with E-state index in [0.717, 1.165) is 11.1 Å². The Balaban J connectivity index is 2.04. The van der Waals surface area contributed by atoms with E-state index >= 15 is 0 Å². The predicted octanol–water partition coefficient (Wildman–Crippen LogP) is 3.49. The Labute approximate surface area is 144 Å². The first-order valence-corrected chi connectivity index (χ1v) is 7.87. The van der Waals surface area contributed by atoms with Gasteiger partial charge in [0.1, 0.15) is 11.6 Å². The lowest BCUT2D eigenvalue weighted by molar-refractivity contribution is -0.304.